The molecule has 0 radical (unpaired) electrons. The van der Waals surface area contributed by atoms with Crippen LogP contribution in [0.3, 0.4) is 0 Å². The Hall–Kier alpha value is -2.67. The van der Waals surface area contributed by atoms with Gasteiger partial charge in [-0.15, -0.1) is 5.10 Å². The molecule has 0 atom stereocenters. The lowest BCUT2D eigenvalue weighted by Gasteiger charge is -2.11. The van der Waals surface area contributed by atoms with E-state index >= 15 is 0 Å². The van der Waals surface area contributed by atoms with E-state index < -0.39 is 0 Å². The lowest BCUT2D eigenvalue weighted by Crippen LogP contribution is -2.09. The van der Waals surface area contributed by atoms with Crippen molar-refractivity contribution in [2.45, 2.75) is 38.8 Å². The Bertz CT molecular complexity index is 984. The molecular weight excluding hydrogens is 372 g/mol. The van der Waals surface area contributed by atoms with Gasteiger partial charge in [-0.05, 0) is 65.1 Å². The highest BCUT2D eigenvalue weighted by atomic mass is 32.2. The number of aromatic nitrogens is 4. The maximum absolute atomic E-state index is 12.9. The van der Waals surface area contributed by atoms with Crippen LogP contribution in [0.5, 0.6) is 5.75 Å². The third kappa shape index (κ3) is 4.25. The molecule has 146 valence electrons. The van der Waals surface area contributed by atoms with E-state index in [1.807, 2.05) is 31.2 Å². The largest absolute Gasteiger partial charge is 0.494 e. The summed E-state index contributed by atoms with van der Waals surface area (Å²) in [6, 6.07) is 12.0. The molecule has 0 aliphatic carbocycles. The second-order valence-corrected chi connectivity index (χ2v) is 7.40. The van der Waals surface area contributed by atoms with Gasteiger partial charge < -0.3 is 4.74 Å². The predicted octanol–water partition coefficient (Wildman–Crippen LogP) is 4.08. The Morgan fingerprint density at radius 3 is 2.68 bits per heavy atom. The SMILES string of the molecule is CCc1ccc(CC)c(C(=O)CSc2nnnn2-c2cc(C)ccc2OC)c1. The summed E-state index contributed by atoms with van der Waals surface area (Å²) in [5, 5.41) is 12.5. The third-order valence-corrected chi connectivity index (χ3v) is 5.52. The zero-order valence-corrected chi connectivity index (χ0v) is 17.4. The highest BCUT2D eigenvalue weighted by Gasteiger charge is 2.17. The van der Waals surface area contributed by atoms with Gasteiger partial charge in [0.15, 0.2) is 5.78 Å². The van der Waals surface area contributed by atoms with Crippen molar-refractivity contribution in [2.75, 3.05) is 12.9 Å². The number of thioether (sulfide) groups is 1. The molecule has 0 amide bonds. The second-order valence-electron chi connectivity index (χ2n) is 6.46. The van der Waals surface area contributed by atoms with E-state index in [4.69, 9.17) is 4.74 Å². The molecule has 0 aliphatic heterocycles. The van der Waals surface area contributed by atoms with Crippen molar-refractivity contribution >= 4 is 17.5 Å². The van der Waals surface area contributed by atoms with E-state index in [0.717, 1.165) is 35.2 Å². The number of hydrogen-bond donors (Lipinski definition) is 0. The lowest BCUT2D eigenvalue weighted by atomic mass is 9.98. The maximum atomic E-state index is 12.9. The van der Waals surface area contributed by atoms with E-state index in [-0.39, 0.29) is 11.5 Å². The van der Waals surface area contributed by atoms with Gasteiger partial charge in [-0.1, -0.05) is 43.8 Å². The van der Waals surface area contributed by atoms with Crippen LogP contribution in [0.2, 0.25) is 0 Å². The molecule has 0 unspecified atom stereocenters. The van der Waals surface area contributed by atoms with Gasteiger partial charge in [-0.25, -0.2) is 0 Å². The number of ketones is 1. The van der Waals surface area contributed by atoms with Crippen molar-refractivity contribution in [3.63, 3.8) is 0 Å². The quantitative estimate of drug-likeness (QED) is 0.422. The average molecular weight is 397 g/mol. The van der Waals surface area contributed by atoms with Crippen LogP contribution in [0.4, 0.5) is 0 Å². The number of benzene rings is 2. The fourth-order valence-electron chi connectivity index (χ4n) is 3.00. The van der Waals surface area contributed by atoms with Crippen LogP contribution in [-0.2, 0) is 12.8 Å². The van der Waals surface area contributed by atoms with Gasteiger partial charge >= 0.3 is 0 Å². The summed E-state index contributed by atoms with van der Waals surface area (Å²) in [4.78, 5) is 12.9. The number of methoxy groups -OCH3 is 1. The summed E-state index contributed by atoms with van der Waals surface area (Å²) in [5.74, 6) is 1.03. The number of nitrogens with zero attached hydrogens (tertiary/aromatic N) is 4. The number of carbonyl (C=O) groups excluding carboxylic acids is 1. The minimum absolute atomic E-state index is 0.0860. The molecule has 0 fully saturated rings. The maximum Gasteiger partial charge on any atom is 0.214 e. The molecule has 0 saturated heterocycles. The van der Waals surface area contributed by atoms with Crippen molar-refractivity contribution in [3.05, 3.63) is 58.7 Å². The topological polar surface area (TPSA) is 69.9 Å². The molecule has 0 bridgehead atoms. The lowest BCUT2D eigenvalue weighted by molar-refractivity contribution is 0.102. The zero-order valence-electron chi connectivity index (χ0n) is 16.6. The standard InChI is InChI=1S/C21H24N4O2S/c1-5-15-8-9-16(6-2)17(12-15)19(26)13-28-21-22-23-24-25(21)18-11-14(3)7-10-20(18)27-4/h7-12H,5-6,13H2,1-4H3. The molecule has 3 rings (SSSR count). The Kier molecular flexibility index (Phi) is 6.46. The molecule has 3 aromatic rings. The fourth-order valence-corrected chi connectivity index (χ4v) is 3.77. The smallest absolute Gasteiger partial charge is 0.214 e. The minimum Gasteiger partial charge on any atom is -0.494 e. The first kappa shape index (κ1) is 20.1. The number of rotatable bonds is 8. The predicted molar refractivity (Wildman–Crippen MR) is 111 cm³/mol. The minimum atomic E-state index is 0.0860. The summed E-state index contributed by atoms with van der Waals surface area (Å²) in [7, 11) is 1.61. The van der Waals surface area contributed by atoms with Crippen LogP contribution in [0, 0.1) is 6.92 Å². The van der Waals surface area contributed by atoms with Crippen molar-refractivity contribution in [2.24, 2.45) is 0 Å². The van der Waals surface area contributed by atoms with Gasteiger partial charge in [0.1, 0.15) is 11.4 Å². The normalized spacial score (nSPS) is 10.9. The highest BCUT2D eigenvalue weighted by molar-refractivity contribution is 7.99. The summed E-state index contributed by atoms with van der Waals surface area (Å²) in [6.45, 7) is 6.15. The van der Waals surface area contributed by atoms with Crippen LogP contribution in [0.15, 0.2) is 41.6 Å². The Morgan fingerprint density at radius 1 is 1.14 bits per heavy atom. The molecule has 1 heterocycles. The van der Waals surface area contributed by atoms with Crippen LogP contribution in [0.25, 0.3) is 5.69 Å². The van der Waals surface area contributed by atoms with Crippen molar-refractivity contribution in [1.29, 1.82) is 0 Å². The van der Waals surface area contributed by atoms with E-state index in [0.29, 0.717) is 10.9 Å². The second kappa shape index (κ2) is 9.01. The highest BCUT2D eigenvalue weighted by Crippen LogP contribution is 2.27. The average Bonchev–Trinajstić information content (AvgIpc) is 3.19. The molecule has 1 aromatic heterocycles. The molecule has 0 N–H and O–H groups in total. The van der Waals surface area contributed by atoms with Gasteiger partial charge in [0.05, 0.1) is 12.9 Å². The monoisotopic (exact) mass is 396 g/mol. The molecule has 2 aromatic carbocycles. The molecule has 28 heavy (non-hydrogen) atoms. The number of ether oxygens (including phenoxy) is 1. The summed E-state index contributed by atoms with van der Waals surface area (Å²) >= 11 is 1.33. The van der Waals surface area contributed by atoms with Crippen LogP contribution in [-0.4, -0.2) is 38.9 Å². The van der Waals surface area contributed by atoms with Gasteiger partial charge in [-0.3, -0.25) is 4.79 Å². The number of carbonyl (C=O) groups is 1. The number of Topliss-reactive ketones (excluding diaryl/α,β-unsaturated/α-hetero) is 1. The Labute approximate surface area is 169 Å². The van der Waals surface area contributed by atoms with Crippen LogP contribution >= 0.6 is 11.8 Å². The van der Waals surface area contributed by atoms with Gasteiger partial charge in [0, 0.05) is 5.56 Å². The molecular formula is C21H24N4O2S. The Morgan fingerprint density at radius 2 is 1.96 bits per heavy atom. The van der Waals surface area contributed by atoms with Gasteiger partial charge in [-0.2, -0.15) is 4.68 Å². The number of hydrogen-bond acceptors (Lipinski definition) is 6. The first-order chi connectivity index (χ1) is 13.6. The summed E-state index contributed by atoms with van der Waals surface area (Å²) in [6.07, 6.45) is 1.73. The van der Waals surface area contributed by atoms with E-state index in [1.54, 1.807) is 11.8 Å². The van der Waals surface area contributed by atoms with Crippen LogP contribution in [0.1, 0.15) is 40.9 Å². The van der Waals surface area contributed by atoms with E-state index in [1.165, 1.54) is 17.3 Å². The zero-order chi connectivity index (χ0) is 20.1. The fraction of sp³-hybridized carbons (Fsp3) is 0.333. The molecule has 0 saturated carbocycles. The first-order valence-corrected chi connectivity index (χ1v) is 10.3. The van der Waals surface area contributed by atoms with Crippen molar-refractivity contribution in [3.8, 4) is 11.4 Å². The van der Waals surface area contributed by atoms with Crippen molar-refractivity contribution in [1.82, 2.24) is 20.2 Å². The summed E-state index contributed by atoms with van der Waals surface area (Å²) in [5.41, 5.74) is 4.86. The molecule has 6 nitrogen and oxygen atoms in total. The van der Waals surface area contributed by atoms with E-state index in [2.05, 4.69) is 41.5 Å². The van der Waals surface area contributed by atoms with Gasteiger partial charge in [0.25, 0.3) is 0 Å². The van der Waals surface area contributed by atoms with E-state index in [9.17, 15) is 4.79 Å². The number of tetrazole rings is 1. The first-order valence-electron chi connectivity index (χ1n) is 9.28. The summed E-state index contributed by atoms with van der Waals surface area (Å²) < 4.78 is 7.06. The van der Waals surface area contributed by atoms with Crippen LogP contribution < -0.4 is 4.74 Å². The van der Waals surface area contributed by atoms with Crippen molar-refractivity contribution < 1.29 is 9.53 Å². The number of aryl methyl sites for hydroxylation is 3. The Balaban J connectivity index is 1.83. The van der Waals surface area contributed by atoms with Gasteiger partial charge in [0.2, 0.25) is 5.16 Å². The third-order valence-electron chi connectivity index (χ3n) is 4.60. The molecule has 0 aliphatic rings. The molecule has 0 spiro atoms. The molecule has 7 heteroatoms.